The van der Waals surface area contributed by atoms with Gasteiger partial charge in [0.05, 0.1) is 39.3 Å². The van der Waals surface area contributed by atoms with E-state index < -0.39 is 18.4 Å². The van der Waals surface area contributed by atoms with Crippen LogP contribution in [0.2, 0.25) is 10.0 Å². The van der Waals surface area contributed by atoms with E-state index in [-0.39, 0.29) is 39.8 Å². The Morgan fingerprint density at radius 3 is 2.24 bits per heavy atom. The van der Waals surface area contributed by atoms with Crippen molar-refractivity contribution in [2.24, 2.45) is 23.7 Å². The highest BCUT2D eigenvalue weighted by Gasteiger charge is 2.61. The Bertz CT molecular complexity index is 1780. The number of halogens is 2. The number of carbonyl (C=O) groups is 4. The molecule has 42 heavy (non-hydrogen) atoms. The molecule has 0 unspecified atom stereocenters. The molecule has 1 aliphatic heterocycles. The number of esters is 1. The van der Waals surface area contributed by atoms with Gasteiger partial charge >= 0.3 is 5.97 Å². The zero-order valence-corrected chi connectivity index (χ0v) is 23.8. The van der Waals surface area contributed by atoms with Gasteiger partial charge in [0.1, 0.15) is 0 Å². The third-order valence-corrected chi connectivity index (χ3v) is 9.40. The van der Waals surface area contributed by atoms with Gasteiger partial charge in [-0.05, 0) is 73.6 Å². The smallest absolute Gasteiger partial charge is 0.339 e. The van der Waals surface area contributed by atoms with Crippen molar-refractivity contribution in [2.45, 2.75) is 19.3 Å². The van der Waals surface area contributed by atoms with Gasteiger partial charge in [0, 0.05) is 21.5 Å². The second-order valence-electron chi connectivity index (χ2n) is 11.1. The lowest BCUT2D eigenvalue weighted by Crippen LogP contribution is -2.32. The predicted octanol–water partition coefficient (Wildman–Crippen LogP) is 6.78. The van der Waals surface area contributed by atoms with Crippen LogP contribution in [0.25, 0.3) is 22.2 Å². The van der Waals surface area contributed by atoms with Gasteiger partial charge in [0.2, 0.25) is 17.6 Å². The van der Waals surface area contributed by atoms with Crippen LogP contribution in [0.5, 0.6) is 0 Å². The molecule has 2 heterocycles. The van der Waals surface area contributed by atoms with Crippen molar-refractivity contribution in [3.05, 3.63) is 94.0 Å². The van der Waals surface area contributed by atoms with E-state index in [1.54, 1.807) is 54.6 Å². The van der Waals surface area contributed by atoms with Crippen molar-refractivity contribution >= 4 is 63.4 Å². The van der Waals surface area contributed by atoms with Crippen LogP contribution in [-0.4, -0.2) is 35.2 Å². The molecule has 210 valence electrons. The average molecular weight is 599 g/mol. The first kappa shape index (κ1) is 26.8. The highest BCUT2D eigenvalue weighted by atomic mass is 35.5. The number of fused-ring (bicyclic) bond motifs is 6. The fourth-order valence-corrected chi connectivity index (χ4v) is 7.45. The van der Waals surface area contributed by atoms with Gasteiger partial charge in [-0.2, -0.15) is 0 Å². The first-order chi connectivity index (χ1) is 20.3. The molecule has 3 aromatic carbocycles. The molecule has 0 spiro atoms. The molecule has 3 fully saturated rings. The summed E-state index contributed by atoms with van der Waals surface area (Å²) in [5.74, 6) is -1.05. The van der Waals surface area contributed by atoms with Crippen molar-refractivity contribution < 1.29 is 23.9 Å². The molecule has 2 aliphatic carbocycles. The van der Waals surface area contributed by atoms with Crippen molar-refractivity contribution in [3.63, 3.8) is 0 Å². The number of Topliss-reactive ketones (excluding diaryl/α,β-unsaturated/α-hetero) is 1. The Morgan fingerprint density at radius 2 is 1.55 bits per heavy atom. The van der Waals surface area contributed by atoms with Gasteiger partial charge in [-0.15, -0.1) is 0 Å². The molecule has 9 heteroatoms. The molecule has 2 bridgehead atoms. The maximum atomic E-state index is 13.2. The van der Waals surface area contributed by atoms with Gasteiger partial charge in [-0.25, -0.2) is 9.78 Å². The molecule has 2 amide bonds. The van der Waals surface area contributed by atoms with Crippen molar-refractivity contribution in [2.75, 3.05) is 11.5 Å². The van der Waals surface area contributed by atoms with E-state index in [0.717, 1.165) is 19.3 Å². The summed E-state index contributed by atoms with van der Waals surface area (Å²) >= 11 is 12.1. The fraction of sp³-hybridized carbons (Fsp3) is 0.242. The van der Waals surface area contributed by atoms with Gasteiger partial charge in [-0.3, -0.25) is 19.3 Å². The monoisotopic (exact) mass is 598 g/mol. The number of amides is 2. The number of para-hydroxylation sites is 1. The first-order valence-electron chi connectivity index (χ1n) is 13.8. The minimum Gasteiger partial charge on any atom is -0.454 e. The van der Waals surface area contributed by atoms with Crippen LogP contribution in [0.1, 0.15) is 40.0 Å². The van der Waals surface area contributed by atoms with E-state index in [0.29, 0.717) is 44.7 Å². The number of anilines is 1. The molecule has 4 atom stereocenters. The number of nitrogens with zero attached hydrogens (tertiary/aromatic N) is 2. The van der Waals surface area contributed by atoms with Crippen LogP contribution in [-0.2, 0) is 14.3 Å². The van der Waals surface area contributed by atoms with Gasteiger partial charge in [-0.1, -0.05) is 53.5 Å². The lowest BCUT2D eigenvalue weighted by molar-refractivity contribution is -0.123. The Labute approximate surface area is 251 Å². The van der Waals surface area contributed by atoms with Crippen molar-refractivity contribution in [1.29, 1.82) is 0 Å². The lowest BCUT2D eigenvalue weighted by atomic mass is 9.81. The molecule has 0 radical (unpaired) electrons. The van der Waals surface area contributed by atoms with Crippen LogP contribution in [0.15, 0.2) is 72.8 Å². The largest absolute Gasteiger partial charge is 0.454 e. The second-order valence-corrected chi connectivity index (χ2v) is 12.0. The third kappa shape index (κ3) is 4.39. The summed E-state index contributed by atoms with van der Waals surface area (Å²) in [6.07, 6.45) is 3.04. The predicted molar refractivity (Wildman–Crippen MR) is 159 cm³/mol. The van der Waals surface area contributed by atoms with Crippen LogP contribution < -0.4 is 4.90 Å². The molecule has 0 N–H and O–H groups in total. The number of aromatic nitrogens is 1. The zero-order valence-electron chi connectivity index (χ0n) is 22.3. The number of carbonyl (C=O) groups excluding carboxylic acids is 4. The molecule has 1 aromatic heterocycles. The molecule has 3 aliphatic rings. The summed E-state index contributed by atoms with van der Waals surface area (Å²) < 4.78 is 5.41. The number of imide groups is 1. The number of pyridine rings is 1. The maximum absolute atomic E-state index is 13.2. The Kier molecular flexibility index (Phi) is 6.59. The topological polar surface area (TPSA) is 93.6 Å². The van der Waals surface area contributed by atoms with E-state index in [1.807, 2.05) is 6.07 Å². The second kappa shape index (κ2) is 10.3. The summed E-state index contributed by atoms with van der Waals surface area (Å²) in [5, 5.41) is 1.15. The molecular weight excluding hydrogens is 575 g/mol. The highest BCUT2D eigenvalue weighted by molar-refractivity contribution is 6.37. The quantitative estimate of drug-likeness (QED) is 0.138. The Hall–Kier alpha value is -4.07. The van der Waals surface area contributed by atoms with Gasteiger partial charge < -0.3 is 4.74 Å². The molecule has 2 saturated carbocycles. The molecular formula is C33H24Cl2N2O5. The number of hydrogen-bond acceptors (Lipinski definition) is 6. The normalized spacial score (nSPS) is 22.6. The fourth-order valence-electron chi connectivity index (χ4n) is 6.94. The minimum atomic E-state index is -0.681. The van der Waals surface area contributed by atoms with Gasteiger partial charge in [0.15, 0.2) is 6.61 Å². The molecule has 1 saturated heterocycles. The average Bonchev–Trinajstić information content (AvgIpc) is 3.68. The summed E-state index contributed by atoms with van der Waals surface area (Å²) in [5.41, 5.74) is 2.78. The van der Waals surface area contributed by atoms with Crippen molar-refractivity contribution in [1.82, 2.24) is 4.98 Å². The summed E-state index contributed by atoms with van der Waals surface area (Å²) in [6, 6.07) is 20.3. The number of ether oxygens (including phenoxy) is 1. The number of benzene rings is 3. The highest BCUT2D eigenvalue weighted by Crippen LogP contribution is 2.56. The summed E-state index contributed by atoms with van der Waals surface area (Å²) in [7, 11) is 0. The summed E-state index contributed by atoms with van der Waals surface area (Å²) in [6.45, 7) is -0.498. The van der Waals surface area contributed by atoms with E-state index >= 15 is 0 Å². The van der Waals surface area contributed by atoms with E-state index in [4.69, 9.17) is 32.9 Å². The van der Waals surface area contributed by atoms with Crippen LogP contribution in [0.3, 0.4) is 0 Å². The Morgan fingerprint density at radius 1 is 0.857 bits per heavy atom. The van der Waals surface area contributed by atoms with E-state index in [9.17, 15) is 19.2 Å². The SMILES string of the molecule is O=C(COC(=O)c1cc(-c2ccc(N3C(=O)[C@H]4[C@H]5CC[C@@H](C5)[C@@H]4C3=O)cc2)nc2ccccc12)c1ccc(Cl)cc1Cl. The van der Waals surface area contributed by atoms with Crippen molar-refractivity contribution in [3.8, 4) is 11.3 Å². The Balaban J connectivity index is 1.15. The molecule has 7 rings (SSSR count). The third-order valence-electron chi connectivity index (χ3n) is 8.85. The van der Waals surface area contributed by atoms with Crippen LogP contribution >= 0.6 is 23.2 Å². The zero-order chi connectivity index (χ0) is 29.1. The first-order valence-corrected chi connectivity index (χ1v) is 14.6. The molecule has 4 aromatic rings. The van der Waals surface area contributed by atoms with Gasteiger partial charge in [0.25, 0.3) is 0 Å². The number of rotatable bonds is 6. The standard InChI is InChI=1S/C33H24Cl2N2O5/c34-20-9-12-23(25(35)14-20)28(38)16-42-33(41)24-15-27(36-26-4-2-1-3-22(24)26)17-7-10-21(11-8-17)37-31(39)29-18-5-6-19(13-18)30(29)32(37)40/h1-4,7-12,14-15,18-19,29-30H,5-6,13,16H2/t18-,19-,29-,30-/m0/s1. The molecule has 7 nitrogen and oxygen atoms in total. The number of hydrogen-bond donors (Lipinski definition) is 0. The van der Waals surface area contributed by atoms with Crippen LogP contribution in [0, 0.1) is 23.7 Å². The number of ketones is 1. The summed E-state index contributed by atoms with van der Waals surface area (Å²) in [4.78, 5) is 58.5. The lowest BCUT2D eigenvalue weighted by Gasteiger charge is -2.19. The van der Waals surface area contributed by atoms with E-state index in [2.05, 4.69) is 0 Å². The minimum absolute atomic E-state index is 0.0896. The maximum Gasteiger partial charge on any atom is 0.339 e. The van der Waals surface area contributed by atoms with E-state index in [1.165, 1.54) is 17.0 Å². The van der Waals surface area contributed by atoms with Crippen LogP contribution in [0.4, 0.5) is 5.69 Å².